The number of carbonyl (C=O) groups excluding carboxylic acids is 1. The van der Waals surface area contributed by atoms with Crippen LogP contribution in [0.3, 0.4) is 0 Å². The van der Waals surface area contributed by atoms with E-state index in [0.29, 0.717) is 18.1 Å². The van der Waals surface area contributed by atoms with E-state index >= 15 is 0 Å². The fourth-order valence-electron chi connectivity index (χ4n) is 3.08. The molecule has 4 aromatic rings. The molecule has 5 heteroatoms. The van der Waals surface area contributed by atoms with Crippen molar-refractivity contribution in [1.82, 2.24) is 14.3 Å². The first kappa shape index (κ1) is 16.1. The first-order valence-electron chi connectivity index (χ1n) is 8.55. The molecule has 2 aromatic heterocycles. The zero-order valence-corrected chi connectivity index (χ0v) is 14.8. The number of benzene rings is 2. The maximum Gasteiger partial charge on any atom is 0.273 e. The van der Waals surface area contributed by atoms with Crippen LogP contribution < -0.4 is 5.32 Å². The summed E-state index contributed by atoms with van der Waals surface area (Å²) in [5.41, 5.74) is 4.00. The molecule has 0 aliphatic carbocycles. The van der Waals surface area contributed by atoms with Crippen LogP contribution in [0, 0.1) is 6.92 Å². The van der Waals surface area contributed by atoms with Crippen molar-refractivity contribution in [2.45, 2.75) is 13.5 Å². The van der Waals surface area contributed by atoms with Crippen molar-refractivity contribution in [2.75, 3.05) is 5.32 Å². The topological polar surface area (TPSA) is 51.9 Å². The Hall–Kier alpha value is -3.34. The summed E-state index contributed by atoms with van der Waals surface area (Å²) in [6.07, 6.45) is 1.85. The lowest BCUT2D eigenvalue weighted by molar-refractivity contribution is 0.101. The maximum absolute atomic E-state index is 12.6. The lowest BCUT2D eigenvalue weighted by Crippen LogP contribution is -2.16. The number of fused-ring (bicyclic) bond motifs is 1. The summed E-state index contributed by atoms with van der Waals surface area (Å²) < 4.78 is 3.72. The highest BCUT2D eigenvalue weighted by molar-refractivity contribution is 6.07. The number of carbonyl (C=O) groups is 1. The molecule has 0 fully saturated rings. The van der Waals surface area contributed by atoms with E-state index in [0.717, 1.165) is 10.9 Å². The largest absolute Gasteiger partial charge is 0.347 e. The van der Waals surface area contributed by atoms with Gasteiger partial charge in [0.15, 0.2) is 5.82 Å². The monoisotopic (exact) mass is 344 g/mol. The third-order valence-corrected chi connectivity index (χ3v) is 4.52. The fourth-order valence-corrected chi connectivity index (χ4v) is 3.08. The van der Waals surface area contributed by atoms with Crippen LogP contribution in [-0.2, 0) is 13.6 Å². The predicted octanol–water partition coefficient (Wildman–Crippen LogP) is 3.98. The first-order chi connectivity index (χ1) is 12.6. The summed E-state index contributed by atoms with van der Waals surface area (Å²) in [6.45, 7) is 2.73. The Morgan fingerprint density at radius 1 is 1.04 bits per heavy atom. The van der Waals surface area contributed by atoms with Gasteiger partial charge in [-0.05, 0) is 36.8 Å². The normalized spacial score (nSPS) is 11.0. The highest BCUT2D eigenvalue weighted by Gasteiger charge is 2.15. The second-order valence-corrected chi connectivity index (χ2v) is 6.47. The molecule has 4 rings (SSSR count). The lowest BCUT2D eigenvalue weighted by Gasteiger charge is -2.05. The Labute approximate surface area is 151 Å². The molecule has 2 heterocycles. The van der Waals surface area contributed by atoms with Gasteiger partial charge in [-0.25, -0.2) is 0 Å². The van der Waals surface area contributed by atoms with Crippen LogP contribution in [0.4, 0.5) is 5.82 Å². The summed E-state index contributed by atoms with van der Waals surface area (Å²) in [4.78, 5) is 12.6. The smallest absolute Gasteiger partial charge is 0.273 e. The zero-order valence-electron chi connectivity index (χ0n) is 14.8. The van der Waals surface area contributed by atoms with Gasteiger partial charge in [-0.15, -0.1) is 0 Å². The molecule has 26 heavy (non-hydrogen) atoms. The number of para-hydroxylation sites is 1. The van der Waals surface area contributed by atoms with Gasteiger partial charge in [0.1, 0.15) is 5.69 Å². The first-order valence-corrected chi connectivity index (χ1v) is 8.55. The van der Waals surface area contributed by atoms with Crippen LogP contribution in [0.1, 0.15) is 21.6 Å². The van der Waals surface area contributed by atoms with E-state index in [4.69, 9.17) is 0 Å². The Bertz CT molecular complexity index is 1070. The predicted molar refractivity (Wildman–Crippen MR) is 103 cm³/mol. The van der Waals surface area contributed by atoms with E-state index < -0.39 is 0 Å². The summed E-state index contributed by atoms with van der Waals surface area (Å²) in [6, 6.07) is 20.0. The Kier molecular flexibility index (Phi) is 4.05. The molecule has 1 N–H and O–H groups in total. The van der Waals surface area contributed by atoms with Gasteiger partial charge in [0.25, 0.3) is 5.91 Å². The third kappa shape index (κ3) is 2.99. The minimum atomic E-state index is -0.164. The highest BCUT2D eigenvalue weighted by Crippen LogP contribution is 2.24. The Balaban J connectivity index is 1.68. The molecule has 0 radical (unpaired) electrons. The summed E-state index contributed by atoms with van der Waals surface area (Å²) in [5, 5.41) is 8.55. The van der Waals surface area contributed by atoms with E-state index in [2.05, 4.69) is 41.6 Å². The van der Waals surface area contributed by atoms with Gasteiger partial charge in [0.2, 0.25) is 0 Å². The van der Waals surface area contributed by atoms with Crippen molar-refractivity contribution in [3.63, 3.8) is 0 Å². The van der Waals surface area contributed by atoms with Crippen molar-refractivity contribution < 1.29 is 4.79 Å². The number of hydrogen-bond acceptors (Lipinski definition) is 2. The van der Waals surface area contributed by atoms with E-state index in [9.17, 15) is 4.79 Å². The number of aryl methyl sites for hydroxylation is 2. The van der Waals surface area contributed by atoms with Crippen molar-refractivity contribution in [1.29, 1.82) is 0 Å². The molecular weight excluding hydrogens is 324 g/mol. The maximum atomic E-state index is 12.6. The highest BCUT2D eigenvalue weighted by atomic mass is 16.2. The van der Waals surface area contributed by atoms with Crippen molar-refractivity contribution in [3.8, 4) is 0 Å². The number of anilines is 1. The van der Waals surface area contributed by atoms with E-state index in [1.165, 1.54) is 11.1 Å². The minimum Gasteiger partial charge on any atom is -0.347 e. The Morgan fingerprint density at radius 2 is 1.81 bits per heavy atom. The molecule has 0 bridgehead atoms. The molecule has 130 valence electrons. The number of nitrogens with zero attached hydrogens (tertiary/aromatic N) is 3. The number of amides is 1. The lowest BCUT2D eigenvalue weighted by atomic mass is 10.1. The molecular formula is C21H20N4O. The molecule has 0 saturated carbocycles. The molecule has 0 aliphatic heterocycles. The quantitative estimate of drug-likeness (QED) is 0.609. The minimum absolute atomic E-state index is 0.164. The van der Waals surface area contributed by atoms with Gasteiger partial charge >= 0.3 is 0 Å². The number of rotatable bonds is 4. The van der Waals surface area contributed by atoms with Crippen LogP contribution in [0.5, 0.6) is 0 Å². The molecule has 2 aromatic carbocycles. The van der Waals surface area contributed by atoms with Crippen LogP contribution in [0.2, 0.25) is 0 Å². The average molecular weight is 344 g/mol. The number of nitrogens with one attached hydrogen (secondary N) is 1. The molecule has 0 spiro atoms. The van der Waals surface area contributed by atoms with Gasteiger partial charge in [-0.3, -0.25) is 9.48 Å². The number of hydrogen-bond donors (Lipinski definition) is 1. The van der Waals surface area contributed by atoms with Crippen molar-refractivity contribution >= 4 is 22.6 Å². The summed E-state index contributed by atoms with van der Waals surface area (Å²) >= 11 is 0. The third-order valence-electron chi connectivity index (χ3n) is 4.52. The van der Waals surface area contributed by atoms with Gasteiger partial charge < -0.3 is 9.88 Å². The van der Waals surface area contributed by atoms with Crippen molar-refractivity contribution in [2.24, 2.45) is 7.05 Å². The SMILES string of the molecule is Cc1ccc(Cn2nc(NC(=O)c3cccn3C)c3ccccc32)cc1. The van der Waals surface area contributed by atoms with Crippen LogP contribution in [0.15, 0.2) is 66.9 Å². The summed E-state index contributed by atoms with van der Waals surface area (Å²) in [7, 11) is 1.85. The van der Waals surface area contributed by atoms with Gasteiger partial charge in [0.05, 0.1) is 12.1 Å². The van der Waals surface area contributed by atoms with Gasteiger partial charge in [-0.2, -0.15) is 5.10 Å². The molecule has 0 aliphatic rings. The molecule has 1 amide bonds. The second-order valence-electron chi connectivity index (χ2n) is 6.47. The zero-order chi connectivity index (χ0) is 18.1. The van der Waals surface area contributed by atoms with Gasteiger partial charge in [0, 0.05) is 18.6 Å². The molecule has 0 saturated heterocycles. The average Bonchev–Trinajstić information content (AvgIpc) is 3.22. The van der Waals surface area contributed by atoms with Gasteiger partial charge in [-0.1, -0.05) is 42.0 Å². The molecule has 0 atom stereocenters. The number of aromatic nitrogens is 3. The van der Waals surface area contributed by atoms with Crippen LogP contribution in [-0.4, -0.2) is 20.3 Å². The van der Waals surface area contributed by atoms with E-state index in [1.54, 1.807) is 10.6 Å². The summed E-state index contributed by atoms with van der Waals surface area (Å²) in [5.74, 6) is 0.419. The fraction of sp³-hybridized carbons (Fsp3) is 0.143. The van der Waals surface area contributed by atoms with E-state index in [-0.39, 0.29) is 5.91 Å². The standard InChI is InChI=1S/C21H20N4O/c1-15-9-11-16(12-10-15)14-25-18-7-4-3-6-17(18)20(23-25)22-21(26)19-8-5-13-24(19)2/h3-13H,14H2,1-2H3,(H,22,23,26). The van der Waals surface area contributed by atoms with Crippen molar-refractivity contribution in [3.05, 3.63) is 83.7 Å². The van der Waals surface area contributed by atoms with E-state index in [1.807, 2.05) is 48.3 Å². The second kappa shape index (κ2) is 6.52. The van der Waals surface area contributed by atoms with Crippen LogP contribution >= 0.6 is 0 Å². The molecule has 0 unspecified atom stereocenters. The Morgan fingerprint density at radius 3 is 2.54 bits per heavy atom. The van der Waals surface area contributed by atoms with Crippen LogP contribution in [0.25, 0.3) is 10.9 Å². The molecule has 5 nitrogen and oxygen atoms in total.